The molecule has 0 aromatic rings. The molecule has 2 aliphatic heterocycles. The summed E-state index contributed by atoms with van der Waals surface area (Å²) in [5, 5.41) is 3.57. The van der Waals surface area contributed by atoms with Crippen molar-refractivity contribution in [1.82, 2.24) is 10.2 Å². The minimum absolute atomic E-state index is 0. The van der Waals surface area contributed by atoms with Gasteiger partial charge in [-0.05, 0) is 52.5 Å². The molecule has 0 aromatic carbocycles. The van der Waals surface area contributed by atoms with E-state index in [9.17, 15) is 4.79 Å². The highest BCUT2D eigenvalue weighted by molar-refractivity contribution is 5.85. The van der Waals surface area contributed by atoms with Gasteiger partial charge in [-0.3, -0.25) is 0 Å². The van der Waals surface area contributed by atoms with Gasteiger partial charge in [-0.25, -0.2) is 4.79 Å². The maximum Gasteiger partial charge on any atom is 0.410 e. The zero-order valence-corrected chi connectivity index (χ0v) is 13.1. The van der Waals surface area contributed by atoms with Gasteiger partial charge in [0.05, 0.1) is 0 Å². The van der Waals surface area contributed by atoms with Crippen molar-refractivity contribution in [2.45, 2.75) is 58.1 Å². The average Bonchev–Trinajstić information content (AvgIpc) is 2.21. The van der Waals surface area contributed by atoms with Crippen molar-refractivity contribution < 1.29 is 9.53 Å². The lowest BCUT2D eigenvalue weighted by molar-refractivity contribution is -0.00392. The van der Waals surface area contributed by atoms with Gasteiger partial charge in [0.1, 0.15) is 5.60 Å². The van der Waals surface area contributed by atoms with Crippen LogP contribution in [-0.2, 0) is 4.74 Å². The molecule has 0 aromatic heterocycles. The van der Waals surface area contributed by atoms with Crippen LogP contribution < -0.4 is 5.32 Å². The van der Waals surface area contributed by atoms with E-state index in [1.807, 2.05) is 25.7 Å². The highest BCUT2D eigenvalue weighted by Gasteiger charge is 2.34. The normalized spacial score (nSPS) is 24.4. The second-order valence-electron chi connectivity index (χ2n) is 6.63. The van der Waals surface area contributed by atoms with E-state index in [4.69, 9.17) is 4.74 Å². The molecule has 112 valence electrons. The monoisotopic (exact) mass is 290 g/mol. The van der Waals surface area contributed by atoms with Gasteiger partial charge in [0.15, 0.2) is 0 Å². The largest absolute Gasteiger partial charge is 0.444 e. The Balaban J connectivity index is 0.00000180. The molecule has 2 rings (SSSR count). The summed E-state index contributed by atoms with van der Waals surface area (Å²) < 4.78 is 5.35. The lowest BCUT2D eigenvalue weighted by Crippen LogP contribution is -2.53. The smallest absolute Gasteiger partial charge is 0.410 e. The minimum Gasteiger partial charge on any atom is -0.444 e. The lowest BCUT2D eigenvalue weighted by atomic mass is 9.89. The molecule has 1 unspecified atom stereocenters. The van der Waals surface area contributed by atoms with Gasteiger partial charge in [0.2, 0.25) is 0 Å². The standard InChI is InChI=1S/C14H26N2O2.ClH/c1-14(2,3)18-13(17)16-9-11(10-16)8-12-6-4-5-7-15-12;/h11-12,15H,4-10H2,1-3H3;1H. The number of rotatable bonds is 2. The Bertz CT molecular complexity index is 292. The number of hydrogen-bond donors (Lipinski definition) is 1. The van der Waals surface area contributed by atoms with Gasteiger partial charge < -0.3 is 15.0 Å². The van der Waals surface area contributed by atoms with E-state index in [-0.39, 0.29) is 24.1 Å². The molecular formula is C14H27ClN2O2. The molecule has 4 nitrogen and oxygen atoms in total. The Hall–Kier alpha value is -0.480. The van der Waals surface area contributed by atoms with E-state index in [1.54, 1.807) is 0 Å². The maximum absolute atomic E-state index is 11.8. The summed E-state index contributed by atoms with van der Waals surface area (Å²) in [4.78, 5) is 13.6. The number of halogens is 1. The zero-order valence-electron chi connectivity index (χ0n) is 12.3. The van der Waals surface area contributed by atoms with Crippen LogP contribution in [-0.4, -0.2) is 42.3 Å². The average molecular weight is 291 g/mol. The number of likely N-dealkylation sites (tertiary alicyclic amines) is 1. The highest BCUT2D eigenvalue weighted by atomic mass is 35.5. The van der Waals surface area contributed by atoms with Crippen LogP contribution in [0.15, 0.2) is 0 Å². The van der Waals surface area contributed by atoms with Gasteiger partial charge in [-0.2, -0.15) is 0 Å². The van der Waals surface area contributed by atoms with E-state index >= 15 is 0 Å². The van der Waals surface area contributed by atoms with Gasteiger partial charge in [-0.15, -0.1) is 12.4 Å². The fourth-order valence-electron chi connectivity index (χ4n) is 2.72. The molecule has 2 heterocycles. The Morgan fingerprint density at radius 1 is 1.32 bits per heavy atom. The second kappa shape index (κ2) is 6.80. The fourth-order valence-corrected chi connectivity index (χ4v) is 2.72. The van der Waals surface area contributed by atoms with Crippen molar-refractivity contribution in [1.29, 1.82) is 0 Å². The summed E-state index contributed by atoms with van der Waals surface area (Å²) in [6.07, 6.45) is 5.00. The summed E-state index contributed by atoms with van der Waals surface area (Å²) in [5.41, 5.74) is -0.382. The van der Waals surface area contributed by atoms with Crippen LogP contribution >= 0.6 is 12.4 Å². The van der Waals surface area contributed by atoms with E-state index in [1.165, 1.54) is 25.7 Å². The van der Waals surface area contributed by atoms with Crippen molar-refractivity contribution >= 4 is 18.5 Å². The summed E-state index contributed by atoms with van der Waals surface area (Å²) >= 11 is 0. The first-order valence-electron chi connectivity index (χ1n) is 7.15. The van der Waals surface area contributed by atoms with Crippen molar-refractivity contribution in [2.24, 2.45) is 5.92 Å². The Morgan fingerprint density at radius 3 is 2.53 bits per heavy atom. The number of amides is 1. The quantitative estimate of drug-likeness (QED) is 0.850. The highest BCUT2D eigenvalue weighted by Crippen LogP contribution is 2.25. The number of nitrogens with one attached hydrogen (secondary N) is 1. The molecule has 0 bridgehead atoms. The van der Waals surface area contributed by atoms with Crippen molar-refractivity contribution in [3.05, 3.63) is 0 Å². The van der Waals surface area contributed by atoms with Crippen LogP contribution in [0.2, 0.25) is 0 Å². The summed E-state index contributed by atoms with van der Waals surface area (Å²) in [6, 6.07) is 0.671. The molecule has 0 saturated carbocycles. The number of carbonyl (C=O) groups excluding carboxylic acids is 1. The van der Waals surface area contributed by atoms with Gasteiger partial charge in [-0.1, -0.05) is 6.42 Å². The van der Waals surface area contributed by atoms with Crippen LogP contribution in [0.4, 0.5) is 4.79 Å². The first-order chi connectivity index (χ1) is 8.44. The van der Waals surface area contributed by atoms with E-state index in [2.05, 4.69) is 5.32 Å². The van der Waals surface area contributed by atoms with Crippen molar-refractivity contribution in [3.8, 4) is 0 Å². The molecule has 1 atom stereocenters. The lowest BCUT2D eigenvalue weighted by Gasteiger charge is -2.41. The number of nitrogens with zero attached hydrogens (tertiary/aromatic N) is 1. The third kappa shape index (κ3) is 5.19. The molecule has 2 saturated heterocycles. The molecule has 0 spiro atoms. The van der Waals surface area contributed by atoms with Gasteiger partial charge in [0.25, 0.3) is 0 Å². The van der Waals surface area contributed by atoms with E-state index in [0.29, 0.717) is 12.0 Å². The first kappa shape index (κ1) is 16.6. The molecule has 5 heteroatoms. The SMILES string of the molecule is CC(C)(C)OC(=O)N1CC(CC2CCCCN2)C1.Cl. The number of ether oxygens (including phenoxy) is 1. The topological polar surface area (TPSA) is 41.6 Å². The maximum atomic E-state index is 11.8. The van der Waals surface area contributed by atoms with Crippen molar-refractivity contribution in [3.63, 3.8) is 0 Å². The van der Waals surface area contributed by atoms with Gasteiger partial charge >= 0.3 is 6.09 Å². The fraction of sp³-hybridized carbons (Fsp3) is 0.929. The Labute approximate surface area is 122 Å². The van der Waals surface area contributed by atoms with Gasteiger partial charge in [0, 0.05) is 19.1 Å². The van der Waals surface area contributed by atoms with Crippen LogP contribution in [0.25, 0.3) is 0 Å². The summed E-state index contributed by atoms with van der Waals surface area (Å²) in [5.74, 6) is 0.660. The van der Waals surface area contributed by atoms with Crippen LogP contribution in [0.3, 0.4) is 0 Å². The minimum atomic E-state index is -0.382. The molecule has 2 aliphatic rings. The summed E-state index contributed by atoms with van der Waals surface area (Å²) in [6.45, 7) is 8.63. The number of carbonyl (C=O) groups is 1. The Morgan fingerprint density at radius 2 is 2.00 bits per heavy atom. The van der Waals surface area contributed by atoms with E-state index in [0.717, 1.165) is 19.6 Å². The van der Waals surface area contributed by atoms with Crippen LogP contribution in [0.5, 0.6) is 0 Å². The number of hydrogen-bond acceptors (Lipinski definition) is 3. The second-order valence-corrected chi connectivity index (χ2v) is 6.63. The number of piperidine rings is 1. The molecule has 1 N–H and O–H groups in total. The summed E-state index contributed by atoms with van der Waals surface area (Å²) in [7, 11) is 0. The first-order valence-corrected chi connectivity index (χ1v) is 7.15. The molecular weight excluding hydrogens is 264 g/mol. The van der Waals surface area contributed by atoms with Crippen molar-refractivity contribution in [2.75, 3.05) is 19.6 Å². The van der Waals surface area contributed by atoms with Crippen LogP contribution in [0, 0.1) is 5.92 Å². The third-order valence-electron chi connectivity index (χ3n) is 3.64. The molecule has 0 aliphatic carbocycles. The Kier molecular flexibility index (Phi) is 5.93. The molecule has 2 fully saturated rings. The molecule has 1 amide bonds. The molecule has 19 heavy (non-hydrogen) atoms. The molecule has 0 radical (unpaired) electrons. The van der Waals surface area contributed by atoms with E-state index < -0.39 is 0 Å². The third-order valence-corrected chi connectivity index (χ3v) is 3.64. The predicted molar refractivity (Wildman–Crippen MR) is 78.8 cm³/mol. The predicted octanol–water partition coefficient (Wildman–Crippen LogP) is 2.81. The van der Waals surface area contributed by atoms with Crippen LogP contribution in [0.1, 0.15) is 46.5 Å². The zero-order chi connectivity index (χ0) is 13.2.